The van der Waals surface area contributed by atoms with Crippen molar-refractivity contribution < 1.29 is 4.42 Å². The molecule has 0 bridgehead atoms. The van der Waals surface area contributed by atoms with Crippen molar-refractivity contribution in [3.63, 3.8) is 0 Å². The highest BCUT2D eigenvalue weighted by atomic mass is 32.1. The van der Waals surface area contributed by atoms with Crippen LogP contribution in [-0.2, 0) is 0 Å². The fraction of sp³-hybridized carbons (Fsp3) is 0.0408. The largest absolute Gasteiger partial charge is 0.456 e. The maximum Gasteiger partial charge on any atom is 0.136 e. The average molecular weight is 712 g/mol. The second-order valence-corrected chi connectivity index (χ2v) is 15.0. The summed E-state index contributed by atoms with van der Waals surface area (Å²) in [6, 6.07) is 62.6. The van der Waals surface area contributed by atoms with Crippen LogP contribution in [0.15, 0.2) is 185 Å². The normalized spacial score (nSPS) is 16.0. The number of thiophene rings is 1. The van der Waals surface area contributed by atoms with Crippen molar-refractivity contribution in [1.29, 1.82) is 0 Å². The van der Waals surface area contributed by atoms with Gasteiger partial charge in [0, 0.05) is 42.1 Å². The van der Waals surface area contributed by atoms with Gasteiger partial charge >= 0.3 is 0 Å². The van der Waals surface area contributed by atoms with Crippen molar-refractivity contribution >= 4 is 70.1 Å². The number of hydrogen-bond donors (Lipinski definition) is 2. The van der Waals surface area contributed by atoms with E-state index in [9.17, 15) is 0 Å². The molecule has 5 heteroatoms. The van der Waals surface area contributed by atoms with Gasteiger partial charge in [-0.3, -0.25) is 5.32 Å². The first kappa shape index (κ1) is 31.0. The molecule has 2 aromatic heterocycles. The van der Waals surface area contributed by atoms with E-state index < -0.39 is 0 Å². The summed E-state index contributed by atoms with van der Waals surface area (Å²) in [6.45, 7) is 0. The fourth-order valence-corrected chi connectivity index (χ4v) is 9.49. The van der Waals surface area contributed by atoms with Crippen LogP contribution >= 0.6 is 11.3 Å². The molecule has 10 aromatic rings. The van der Waals surface area contributed by atoms with Gasteiger partial charge in [0.1, 0.15) is 29.3 Å². The van der Waals surface area contributed by atoms with Gasteiger partial charge in [-0.25, -0.2) is 4.99 Å². The number of nitrogens with one attached hydrogen (secondary N) is 2. The highest BCUT2D eigenvalue weighted by molar-refractivity contribution is 7.26. The summed E-state index contributed by atoms with van der Waals surface area (Å²) >= 11 is 1.88. The summed E-state index contributed by atoms with van der Waals surface area (Å²) in [4.78, 5) is 5.08. The molecule has 2 unspecified atom stereocenters. The Balaban J connectivity index is 0.989. The SMILES string of the molecule is c1ccc(C2=NC(c3ccccc3)NC(c3ccc(-c4cccc5c4sc4c(-c6cccc7oc8cc9ccccc9cc8c67)cccc45)cc3)N2)cc1. The fourth-order valence-electron chi connectivity index (χ4n) is 8.13. The Bertz CT molecular complexity index is 3050. The minimum Gasteiger partial charge on any atom is -0.456 e. The molecule has 54 heavy (non-hydrogen) atoms. The summed E-state index contributed by atoms with van der Waals surface area (Å²) < 4.78 is 9.05. The molecule has 0 aliphatic carbocycles. The van der Waals surface area contributed by atoms with Crippen LogP contribution in [0.4, 0.5) is 0 Å². The highest BCUT2D eigenvalue weighted by Crippen LogP contribution is 2.46. The van der Waals surface area contributed by atoms with Gasteiger partial charge in [0.25, 0.3) is 0 Å². The van der Waals surface area contributed by atoms with Crippen LogP contribution in [0.5, 0.6) is 0 Å². The molecule has 2 atom stereocenters. The van der Waals surface area contributed by atoms with E-state index in [0.717, 1.165) is 39.1 Å². The van der Waals surface area contributed by atoms with Crippen molar-refractivity contribution in [2.45, 2.75) is 12.3 Å². The standard InChI is InChI=1S/C49H33N3OS/c1-3-12-31(13-4-1)47-50-48(32-14-5-2-6-15-32)52-49(51-47)33-26-24-30(25-27-33)36-18-9-21-39-40-22-10-20-38(46(40)54-45(36)39)37-19-11-23-42-44(37)41-28-34-16-7-8-17-35(34)29-43(41)53-42/h1-29,47,49,51H,(H,50,52). The number of rotatable bonds is 5. The Hall–Kier alpha value is -6.53. The quantitative estimate of drug-likeness (QED) is 0.187. The van der Waals surface area contributed by atoms with Gasteiger partial charge in [0.05, 0.1) is 0 Å². The third kappa shape index (κ3) is 5.12. The summed E-state index contributed by atoms with van der Waals surface area (Å²) in [6.07, 6.45) is -0.279. The lowest BCUT2D eigenvalue weighted by Crippen LogP contribution is -2.44. The van der Waals surface area contributed by atoms with Gasteiger partial charge in [0.15, 0.2) is 0 Å². The Kier molecular flexibility index (Phi) is 7.22. The third-order valence-electron chi connectivity index (χ3n) is 10.8. The van der Waals surface area contributed by atoms with Crippen LogP contribution in [0.25, 0.3) is 75.1 Å². The molecule has 3 heterocycles. The second kappa shape index (κ2) is 12.6. The third-order valence-corrected chi connectivity index (χ3v) is 12.0. The Morgan fingerprint density at radius 3 is 1.91 bits per heavy atom. The lowest BCUT2D eigenvalue weighted by molar-refractivity contribution is 0.409. The smallest absolute Gasteiger partial charge is 0.136 e. The van der Waals surface area contributed by atoms with Crippen molar-refractivity contribution in [3.05, 3.63) is 193 Å². The summed E-state index contributed by atoms with van der Waals surface area (Å²) in [7, 11) is 0. The summed E-state index contributed by atoms with van der Waals surface area (Å²) in [5.41, 5.74) is 10.1. The molecule has 0 saturated heterocycles. The number of amidine groups is 1. The van der Waals surface area contributed by atoms with Crippen molar-refractivity contribution in [2.75, 3.05) is 0 Å². The van der Waals surface area contributed by atoms with E-state index in [-0.39, 0.29) is 12.3 Å². The molecule has 2 N–H and O–H groups in total. The van der Waals surface area contributed by atoms with Gasteiger partial charge < -0.3 is 9.73 Å². The van der Waals surface area contributed by atoms with E-state index in [1.165, 1.54) is 58.6 Å². The maximum atomic E-state index is 6.47. The van der Waals surface area contributed by atoms with Crippen LogP contribution in [0.2, 0.25) is 0 Å². The molecule has 0 saturated carbocycles. The molecule has 4 nitrogen and oxygen atoms in total. The highest BCUT2D eigenvalue weighted by Gasteiger charge is 2.25. The minimum atomic E-state index is -0.168. The van der Waals surface area contributed by atoms with E-state index in [0.29, 0.717) is 0 Å². The lowest BCUT2D eigenvalue weighted by Gasteiger charge is -2.32. The number of fused-ring (bicyclic) bond motifs is 7. The Morgan fingerprint density at radius 2 is 1.13 bits per heavy atom. The van der Waals surface area contributed by atoms with Crippen LogP contribution in [0.3, 0.4) is 0 Å². The van der Waals surface area contributed by atoms with E-state index >= 15 is 0 Å². The van der Waals surface area contributed by atoms with Crippen LogP contribution < -0.4 is 10.6 Å². The van der Waals surface area contributed by atoms with Gasteiger partial charge in [-0.1, -0.05) is 158 Å². The van der Waals surface area contributed by atoms with Crippen molar-refractivity contribution in [3.8, 4) is 22.3 Å². The molecular formula is C49H33N3OS. The monoisotopic (exact) mass is 711 g/mol. The minimum absolute atomic E-state index is 0.112. The molecule has 0 spiro atoms. The number of aliphatic imine (C=N–C) groups is 1. The zero-order valence-corrected chi connectivity index (χ0v) is 30.0. The van der Waals surface area contributed by atoms with Gasteiger partial charge in [-0.15, -0.1) is 11.3 Å². The predicted molar refractivity (Wildman–Crippen MR) is 226 cm³/mol. The number of furan rings is 1. The Morgan fingerprint density at radius 1 is 0.481 bits per heavy atom. The van der Waals surface area contributed by atoms with Crippen LogP contribution in [0, 0.1) is 0 Å². The van der Waals surface area contributed by atoms with E-state index in [2.05, 4.69) is 174 Å². The average Bonchev–Trinajstić information content (AvgIpc) is 3.81. The molecule has 8 aromatic carbocycles. The lowest BCUT2D eigenvalue weighted by atomic mass is 9.96. The number of hydrogen-bond acceptors (Lipinski definition) is 5. The molecular weight excluding hydrogens is 679 g/mol. The molecule has 11 rings (SSSR count). The van der Waals surface area contributed by atoms with E-state index in [1.54, 1.807) is 0 Å². The Labute approximate surface area is 316 Å². The zero-order chi connectivity index (χ0) is 35.6. The van der Waals surface area contributed by atoms with E-state index in [4.69, 9.17) is 9.41 Å². The van der Waals surface area contributed by atoms with Crippen molar-refractivity contribution in [2.24, 2.45) is 4.99 Å². The number of benzene rings is 8. The summed E-state index contributed by atoms with van der Waals surface area (Å²) in [5.74, 6) is 0.885. The molecule has 0 radical (unpaired) electrons. The predicted octanol–water partition coefficient (Wildman–Crippen LogP) is 12.8. The second-order valence-electron chi connectivity index (χ2n) is 14.0. The molecule has 1 aliphatic heterocycles. The van der Waals surface area contributed by atoms with Gasteiger partial charge in [-0.05, 0) is 56.8 Å². The van der Waals surface area contributed by atoms with E-state index in [1.807, 2.05) is 23.5 Å². The molecule has 0 amide bonds. The van der Waals surface area contributed by atoms with Gasteiger partial charge in [0.2, 0.25) is 0 Å². The molecule has 256 valence electrons. The first-order valence-corrected chi connectivity index (χ1v) is 19.2. The summed E-state index contributed by atoms with van der Waals surface area (Å²) in [5, 5.41) is 14.7. The topological polar surface area (TPSA) is 49.6 Å². The zero-order valence-electron chi connectivity index (χ0n) is 29.2. The number of nitrogens with zero attached hydrogens (tertiary/aromatic N) is 1. The van der Waals surface area contributed by atoms with Crippen LogP contribution in [-0.4, -0.2) is 5.84 Å². The maximum absolute atomic E-state index is 6.47. The molecule has 0 fully saturated rings. The van der Waals surface area contributed by atoms with Gasteiger partial charge in [-0.2, -0.15) is 0 Å². The van der Waals surface area contributed by atoms with Crippen molar-refractivity contribution in [1.82, 2.24) is 10.6 Å². The van der Waals surface area contributed by atoms with Crippen LogP contribution in [0.1, 0.15) is 29.0 Å². The first-order valence-electron chi connectivity index (χ1n) is 18.3. The first-order chi connectivity index (χ1) is 26.7. The molecule has 1 aliphatic rings.